The molecule has 1 N–H and O–H groups in total. The zero-order valence-electron chi connectivity index (χ0n) is 8.83. The second-order valence-corrected chi connectivity index (χ2v) is 5.02. The van der Waals surface area contributed by atoms with Crippen molar-refractivity contribution in [1.29, 1.82) is 0 Å². The van der Waals surface area contributed by atoms with Crippen LogP contribution in [-0.4, -0.2) is 34.3 Å². The summed E-state index contributed by atoms with van der Waals surface area (Å²) in [4.78, 5) is 11.9. The summed E-state index contributed by atoms with van der Waals surface area (Å²) in [6.07, 6.45) is 3.51. The van der Waals surface area contributed by atoms with E-state index in [-0.39, 0.29) is 6.10 Å². The van der Waals surface area contributed by atoms with E-state index < -0.39 is 0 Å². The number of aliphatic hydroxyl groups is 1. The molecule has 2 aromatic heterocycles. The molecule has 4 nitrogen and oxygen atoms in total. The van der Waals surface area contributed by atoms with Crippen molar-refractivity contribution in [2.75, 3.05) is 18.0 Å². The molecular weight excluding hydrogens is 222 g/mol. The number of hydrogen-bond donors (Lipinski definition) is 1. The molecule has 0 radical (unpaired) electrons. The van der Waals surface area contributed by atoms with Gasteiger partial charge in [0, 0.05) is 19.3 Å². The lowest BCUT2D eigenvalue weighted by Gasteiger charge is -2.29. The first-order valence-corrected chi connectivity index (χ1v) is 6.29. The van der Waals surface area contributed by atoms with Crippen LogP contribution in [0.25, 0.3) is 10.3 Å². The van der Waals surface area contributed by atoms with Gasteiger partial charge in [0.2, 0.25) is 0 Å². The van der Waals surface area contributed by atoms with E-state index in [4.69, 9.17) is 0 Å². The van der Waals surface area contributed by atoms with Crippen LogP contribution in [0.4, 0.5) is 5.13 Å². The van der Waals surface area contributed by atoms with Gasteiger partial charge in [-0.2, -0.15) is 0 Å². The van der Waals surface area contributed by atoms with Crippen molar-refractivity contribution < 1.29 is 5.11 Å². The van der Waals surface area contributed by atoms with E-state index in [1.54, 1.807) is 17.5 Å². The van der Waals surface area contributed by atoms with Crippen molar-refractivity contribution in [1.82, 2.24) is 9.97 Å². The second kappa shape index (κ2) is 3.99. The van der Waals surface area contributed by atoms with Crippen LogP contribution in [0.15, 0.2) is 18.3 Å². The smallest absolute Gasteiger partial charge is 0.188 e. The third kappa shape index (κ3) is 1.76. The van der Waals surface area contributed by atoms with E-state index in [2.05, 4.69) is 14.9 Å². The van der Waals surface area contributed by atoms with Gasteiger partial charge >= 0.3 is 0 Å². The lowest BCUT2D eigenvalue weighted by molar-refractivity contribution is 0.154. The highest BCUT2D eigenvalue weighted by Gasteiger charge is 2.20. The van der Waals surface area contributed by atoms with E-state index in [0.717, 1.165) is 34.9 Å². The second-order valence-electron chi connectivity index (χ2n) is 4.07. The third-order valence-electron chi connectivity index (χ3n) is 2.82. The fourth-order valence-corrected chi connectivity index (χ4v) is 2.97. The molecule has 5 heteroatoms. The molecule has 1 aliphatic rings. The lowest BCUT2D eigenvalue weighted by Crippen LogP contribution is -2.38. The maximum atomic E-state index is 9.64. The number of nitrogens with zero attached hydrogens (tertiary/aromatic N) is 3. The molecule has 3 heterocycles. The van der Waals surface area contributed by atoms with Crippen LogP contribution in [-0.2, 0) is 0 Å². The average Bonchev–Trinajstić information content (AvgIpc) is 2.72. The topological polar surface area (TPSA) is 49.2 Å². The van der Waals surface area contributed by atoms with Crippen molar-refractivity contribution in [3.05, 3.63) is 18.3 Å². The number of hydrogen-bond acceptors (Lipinski definition) is 5. The first-order valence-electron chi connectivity index (χ1n) is 5.47. The summed E-state index contributed by atoms with van der Waals surface area (Å²) >= 11 is 1.60. The Bertz CT molecular complexity index is 466. The number of aliphatic hydroxyl groups excluding tert-OH is 1. The highest BCUT2D eigenvalue weighted by Crippen LogP contribution is 2.28. The molecule has 84 valence electrons. The third-order valence-corrected chi connectivity index (χ3v) is 3.86. The quantitative estimate of drug-likeness (QED) is 0.816. The van der Waals surface area contributed by atoms with Crippen LogP contribution in [0.1, 0.15) is 12.8 Å². The minimum Gasteiger partial charge on any atom is -0.391 e. The van der Waals surface area contributed by atoms with Crippen LogP contribution in [0.2, 0.25) is 0 Å². The summed E-state index contributed by atoms with van der Waals surface area (Å²) in [5.41, 5.74) is 0.947. The molecular formula is C11H13N3OS. The van der Waals surface area contributed by atoms with E-state index in [1.165, 1.54) is 0 Å². The van der Waals surface area contributed by atoms with Gasteiger partial charge in [-0.1, -0.05) is 11.3 Å². The Labute approximate surface area is 97.6 Å². The summed E-state index contributed by atoms with van der Waals surface area (Å²) in [6.45, 7) is 1.68. The Morgan fingerprint density at radius 1 is 1.50 bits per heavy atom. The SMILES string of the molecule is O[C@@H]1CCCN(c2nc3cccnc3s2)C1. The molecule has 0 spiro atoms. The highest BCUT2D eigenvalue weighted by molar-refractivity contribution is 7.21. The molecule has 0 saturated carbocycles. The van der Waals surface area contributed by atoms with Crippen molar-refractivity contribution in [2.45, 2.75) is 18.9 Å². The van der Waals surface area contributed by atoms with Gasteiger partial charge in [-0.05, 0) is 25.0 Å². The summed E-state index contributed by atoms with van der Waals surface area (Å²) in [5, 5.41) is 10.6. The standard InChI is InChI=1S/C11H13N3OS/c15-8-3-2-6-14(7-8)11-13-9-4-1-5-12-10(9)16-11/h1,4-5,8,15H,2-3,6-7H2/t8-/m1/s1. The summed E-state index contributed by atoms with van der Waals surface area (Å²) in [5.74, 6) is 0. The molecule has 1 fully saturated rings. The molecule has 3 rings (SSSR count). The maximum Gasteiger partial charge on any atom is 0.188 e. The zero-order chi connectivity index (χ0) is 11.0. The summed E-state index contributed by atoms with van der Waals surface area (Å²) < 4.78 is 0. The normalized spacial score (nSPS) is 21.6. The number of rotatable bonds is 1. The molecule has 1 saturated heterocycles. The number of thiazole rings is 1. The van der Waals surface area contributed by atoms with E-state index in [0.29, 0.717) is 6.54 Å². The molecule has 0 aromatic carbocycles. The van der Waals surface area contributed by atoms with Gasteiger partial charge in [0.05, 0.1) is 6.10 Å². The average molecular weight is 235 g/mol. The molecule has 0 unspecified atom stereocenters. The van der Waals surface area contributed by atoms with Crippen molar-refractivity contribution >= 4 is 26.8 Å². The monoisotopic (exact) mass is 235 g/mol. The largest absolute Gasteiger partial charge is 0.391 e. The van der Waals surface area contributed by atoms with Crippen molar-refractivity contribution in [3.63, 3.8) is 0 Å². The molecule has 0 bridgehead atoms. The Morgan fingerprint density at radius 2 is 2.44 bits per heavy atom. The molecule has 0 amide bonds. The first kappa shape index (κ1) is 9.99. The number of fused-ring (bicyclic) bond motifs is 1. The summed E-state index contributed by atoms with van der Waals surface area (Å²) in [6, 6.07) is 3.87. The molecule has 2 aromatic rings. The first-order chi connectivity index (χ1) is 7.83. The number of β-amino-alcohol motifs (C(OH)–C–C–N with tert-alkyl or cyclic N) is 1. The fourth-order valence-electron chi connectivity index (χ4n) is 2.02. The molecule has 1 aliphatic heterocycles. The molecule has 1 atom stereocenters. The maximum absolute atomic E-state index is 9.64. The Balaban J connectivity index is 1.93. The summed E-state index contributed by atoms with van der Waals surface area (Å²) in [7, 11) is 0. The highest BCUT2D eigenvalue weighted by atomic mass is 32.1. The minimum atomic E-state index is -0.214. The van der Waals surface area contributed by atoms with Crippen molar-refractivity contribution in [3.8, 4) is 0 Å². The fraction of sp³-hybridized carbons (Fsp3) is 0.455. The molecule has 16 heavy (non-hydrogen) atoms. The van der Waals surface area contributed by atoms with Crippen LogP contribution in [0.3, 0.4) is 0 Å². The number of pyridine rings is 1. The van der Waals surface area contributed by atoms with Gasteiger partial charge in [-0.3, -0.25) is 0 Å². The van der Waals surface area contributed by atoms with Gasteiger partial charge in [-0.15, -0.1) is 0 Å². The van der Waals surface area contributed by atoms with Crippen LogP contribution in [0, 0.1) is 0 Å². The van der Waals surface area contributed by atoms with Crippen LogP contribution < -0.4 is 4.90 Å². The van der Waals surface area contributed by atoms with Gasteiger partial charge in [0.25, 0.3) is 0 Å². The van der Waals surface area contributed by atoms with Crippen LogP contribution in [0.5, 0.6) is 0 Å². The van der Waals surface area contributed by atoms with Crippen LogP contribution >= 0.6 is 11.3 Å². The number of anilines is 1. The Kier molecular flexibility index (Phi) is 2.49. The predicted octanol–water partition coefficient (Wildman–Crippen LogP) is 1.65. The Hall–Kier alpha value is -1.20. The molecule has 0 aliphatic carbocycles. The van der Waals surface area contributed by atoms with Gasteiger partial charge in [0.15, 0.2) is 5.13 Å². The number of piperidine rings is 1. The lowest BCUT2D eigenvalue weighted by atomic mass is 10.1. The minimum absolute atomic E-state index is 0.214. The van der Waals surface area contributed by atoms with E-state index in [9.17, 15) is 5.11 Å². The van der Waals surface area contributed by atoms with Gasteiger partial charge < -0.3 is 10.0 Å². The van der Waals surface area contributed by atoms with E-state index in [1.807, 2.05) is 12.1 Å². The Morgan fingerprint density at radius 3 is 3.25 bits per heavy atom. The van der Waals surface area contributed by atoms with E-state index >= 15 is 0 Å². The zero-order valence-corrected chi connectivity index (χ0v) is 9.65. The van der Waals surface area contributed by atoms with Gasteiger partial charge in [0.1, 0.15) is 10.3 Å². The van der Waals surface area contributed by atoms with Gasteiger partial charge in [-0.25, -0.2) is 9.97 Å². The van der Waals surface area contributed by atoms with Crippen molar-refractivity contribution in [2.24, 2.45) is 0 Å². The predicted molar refractivity (Wildman–Crippen MR) is 64.9 cm³/mol. The number of aromatic nitrogens is 2.